The molecule has 21 heavy (non-hydrogen) atoms. The molecule has 0 atom stereocenters. The zero-order chi connectivity index (χ0) is 14.7. The quantitative estimate of drug-likeness (QED) is 0.759. The van der Waals surface area contributed by atoms with E-state index in [-0.39, 0.29) is 17.2 Å². The number of rotatable bonds is 4. The number of aromatic nitrogens is 2. The van der Waals surface area contributed by atoms with Crippen molar-refractivity contribution in [1.82, 2.24) is 15.5 Å². The van der Waals surface area contributed by atoms with Crippen molar-refractivity contribution in [3.8, 4) is 0 Å². The average molecular weight is 283 g/mol. The lowest BCUT2D eigenvalue weighted by Crippen LogP contribution is -2.28. The van der Waals surface area contributed by atoms with Gasteiger partial charge in [-0.25, -0.2) is 5.10 Å². The number of nitrogens with one attached hydrogen (secondary N) is 2. The molecule has 3 aromatic rings. The molecule has 0 saturated carbocycles. The van der Waals surface area contributed by atoms with E-state index in [4.69, 9.17) is 4.42 Å². The van der Waals surface area contributed by atoms with E-state index in [2.05, 4.69) is 15.5 Å². The van der Waals surface area contributed by atoms with Crippen molar-refractivity contribution in [2.24, 2.45) is 0 Å². The van der Waals surface area contributed by atoms with Crippen molar-refractivity contribution in [2.75, 3.05) is 6.54 Å². The molecule has 0 radical (unpaired) electrons. The molecule has 1 amide bonds. The normalized spacial score (nSPS) is 10.7. The lowest BCUT2D eigenvalue weighted by atomic mass is 10.1. The van der Waals surface area contributed by atoms with Crippen LogP contribution in [0, 0.1) is 0 Å². The topological polar surface area (TPSA) is 88.0 Å². The third-order valence-electron chi connectivity index (χ3n) is 3.15. The van der Waals surface area contributed by atoms with Crippen LogP contribution in [-0.2, 0) is 6.42 Å². The summed E-state index contributed by atoms with van der Waals surface area (Å²) in [7, 11) is 0. The van der Waals surface area contributed by atoms with Crippen molar-refractivity contribution >= 4 is 16.7 Å². The van der Waals surface area contributed by atoms with Crippen molar-refractivity contribution in [3.05, 3.63) is 64.5 Å². The van der Waals surface area contributed by atoms with Gasteiger partial charge in [0.2, 0.25) is 0 Å². The molecule has 0 aliphatic carbocycles. The summed E-state index contributed by atoms with van der Waals surface area (Å²) in [5, 5.41) is 9.94. The molecule has 0 unspecified atom stereocenters. The van der Waals surface area contributed by atoms with Crippen LogP contribution in [0.3, 0.4) is 0 Å². The Morgan fingerprint density at radius 3 is 2.76 bits per heavy atom. The van der Waals surface area contributed by atoms with Gasteiger partial charge in [0.25, 0.3) is 11.5 Å². The first-order valence-corrected chi connectivity index (χ1v) is 6.54. The highest BCUT2D eigenvalue weighted by Crippen LogP contribution is 2.12. The van der Waals surface area contributed by atoms with Crippen molar-refractivity contribution < 1.29 is 9.21 Å². The van der Waals surface area contributed by atoms with E-state index in [1.165, 1.54) is 0 Å². The Bertz CT molecular complexity index is 822. The number of aromatic amines is 1. The van der Waals surface area contributed by atoms with Gasteiger partial charge in [0.1, 0.15) is 5.76 Å². The maximum Gasteiger partial charge on any atom is 0.272 e. The van der Waals surface area contributed by atoms with Gasteiger partial charge in [-0.2, -0.15) is 5.10 Å². The molecule has 0 aliphatic rings. The summed E-state index contributed by atoms with van der Waals surface area (Å²) in [4.78, 5) is 23.8. The minimum absolute atomic E-state index is 0.213. The van der Waals surface area contributed by atoms with Gasteiger partial charge >= 0.3 is 0 Å². The zero-order valence-corrected chi connectivity index (χ0v) is 11.1. The van der Waals surface area contributed by atoms with Gasteiger partial charge in [-0.05, 0) is 18.2 Å². The van der Waals surface area contributed by atoms with Gasteiger partial charge < -0.3 is 9.73 Å². The molecule has 0 spiro atoms. The molecule has 0 aliphatic heterocycles. The number of hydrogen-bond donors (Lipinski definition) is 2. The van der Waals surface area contributed by atoms with Crippen LogP contribution in [-0.4, -0.2) is 22.6 Å². The van der Waals surface area contributed by atoms with E-state index >= 15 is 0 Å². The highest BCUT2D eigenvalue weighted by atomic mass is 16.3. The second-order valence-corrected chi connectivity index (χ2v) is 4.53. The van der Waals surface area contributed by atoms with Crippen LogP contribution in [0.25, 0.3) is 10.8 Å². The molecule has 6 nitrogen and oxygen atoms in total. The Hall–Kier alpha value is -2.89. The van der Waals surface area contributed by atoms with E-state index < -0.39 is 0 Å². The summed E-state index contributed by atoms with van der Waals surface area (Å²) in [6.45, 7) is 0.432. The second-order valence-electron chi connectivity index (χ2n) is 4.53. The van der Waals surface area contributed by atoms with Crippen LogP contribution in [0.2, 0.25) is 0 Å². The van der Waals surface area contributed by atoms with Crippen LogP contribution in [0.1, 0.15) is 16.2 Å². The lowest BCUT2D eigenvalue weighted by molar-refractivity contribution is 0.0949. The SMILES string of the molecule is O=C(NCCc1ccco1)c1n[nH]c(=O)c2ccccc12. The van der Waals surface area contributed by atoms with Crippen molar-refractivity contribution in [2.45, 2.75) is 6.42 Å². The summed E-state index contributed by atoms with van der Waals surface area (Å²) in [6, 6.07) is 10.5. The third kappa shape index (κ3) is 2.69. The number of amides is 1. The summed E-state index contributed by atoms with van der Waals surface area (Å²) >= 11 is 0. The summed E-state index contributed by atoms with van der Waals surface area (Å²) in [6.07, 6.45) is 2.19. The van der Waals surface area contributed by atoms with E-state index in [0.29, 0.717) is 23.7 Å². The molecule has 2 aromatic heterocycles. The second kappa shape index (κ2) is 5.62. The first-order chi connectivity index (χ1) is 10.3. The molecule has 2 heterocycles. The van der Waals surface area contributed by atoms with E-state index in [9.17, 15) is 9.59 Å². The predicted molar refractivity (Wildman–Crippen MR) is 77.1 cm³/mol. The maximum absolute atomic E-state index is 12.2. The van der Waals surface area contributed by atoms with Crippen LogP contribution >= 0.6 is 0 Å². The fourth-order valence-corrected chi connectivity index (χ4v) is 2.13. The highest BCUT2D eigenvalue weighted by molar-refractivity contribution is 6.04. The number of carbonyl (C=O) groups is 1. The molecule has 2 N–H and O–H groups in total. The zero-order valence-electron chi connectivity index (χ0n) is 11.1. The van der Waals surface area contributed by atoms with E-state index in [1.807, 2.05) is 6.07 Å². The van der Waals surface area contributed by atoms with Gasteiger partial charge in [0, 0.05) is 18.4 Å². The number of hydrogen-bond acceptors (Lipinski definition) is 4. The van der Waals surface area contributed by atoms with E-state index in [1.54, 1.807) is 36.6 Å². The van der Waals surface area contributed by atoms with Gasteiger partial charge in [-0.1, -0.05) is 18.2 Å². The summed E-state index contributed by atoms with van der Waals surface area (Å²) in [5.41, 5.74) is -0.0950. The number of H-pyrrole nitrogens is 1. The summed E-state index contributed by atoms with van der Waals surface area (Å²) in [5.74, 6) is 0.476. The standard InChI is InChI=1S/C15H13N3O3/c19-14-12-6-2-1-5-11(12)13(17-18-14)15(20)16-8-7-10-4-3-9-21-10/h1-6,9H,7-8H2,(H,16,20)(H,18,19). The van der Waals surface area contributed by atoms with Crippen molar-refractivity contribution in [3.63, 3.8) is 0 Å². The molecule has 0 fully saturated rings. The van der Waals surface area contributed by atoms with Crippen LogP contribution in [0.4, 0.5) is 0 Å². The first kappa shape index (κ1) is 13.1. The number of fused-ring (bicyclic) bond motifs is 1. The molecule has 0 saturated heterocycles. The van der Waals surface area contributed by atoms with Gasteiger partial charge in [0.05, 0.1) is 11.6 Å². The van der Waals surface area contributed by atoms with E-state index in [0.717, 1.165) is 5.76 Å². The number of furan rings is 1. The predicted octanol–water partition coefficient (Wildman–Crippen LogP) is 1.49. The smallest absolute Gasteiger partial charge is 0.272 e. The largest absolute Gasteiger partial charge is 0.469 e. The highest BCUT2D eigenvalue weighted by Gasteiger charge is 2.13. The third-order valence-corrected chi connectivity index (χ3v) is 3.15. The molecular weight excluding hydrogens is 270 g/mol. The lowest BCUT2D eigenvalue weighted by Gasteiger charge is -2.05. The molecule has 106 valence electrons. The first-order valence-electron chi connectivity index (χ1n) is 6.54. The van der Waals surface area contributed by atoms with Crippen LogP contribution in [0.15, 0.2) is 51.9 Å². The number of benzene rings is 1. The van der Waals surface area contributed by atoms with Gasteiger partial charge in [-0.3, -0.25) is 9.59 Å². The number of carbonyl (C=O) groups excluding carboxylic acids is 1. The fraction of sp³-hybridized carbons (Fsp3) is 0.133. The monoisotopic (exact) mass is 283 g/mol. The molecule has 3 rings (SSSR count). The number of nitrogens with zero attached hydrogens (tertiary/aromatic N) is 1. The minimum atomic E-state index is -0.325. The average Bonchev–Trinajstić information content (AvgIpc) is 3.01. The maximum atomic E-state index is 12.2. The van der Waals surface area contributed by atoms with Gasteiger partial charge in [-0.15, -0.1) is 0 Å². The Labute approximate surface area is 119 Å². The fourth-order valence-electron chi connectivity index (χ4n) is 2.13. The Morgan fingerprint density at radius 1 is 1.19 bits per heavy atom. The Kier molecular flexibility index (Phi) is 3.51. The minimum Gasteiger partial charge on any atom is -0.469 e. The molecule has 1 aromatic carbocycles. The molecular formula is C15H13N3O3. The molecule has 6 heteroatoms. The van der Waals surface area contributed by atoms with Crippen LogP contribution < -0.4 is 10.9 Å². The Balaban J connectivity index is 1.78. The summed E-state index contributed by atoms with van der Waals surface area (Å²) < 4.78 is 5.19. The van der Waals surface area contributed by atoms with Crippen molar-refractivity contribution in [1.29, 1.82) is 0 Å². The van der Waals surface area contributed by atoms with Gasteiger partial charge in [0.15, 0.2) is 5.69 Å². The molecule has 0 bridgehead atoms. The Morgan fingerprint density at radius 2 is 2.00 bits per heavy atom. The van der Waals surface area contributed by atoms with Crippen LogP contribution in [0.5, 0.6) is 0 Å².